The third kappa shape index (κ3) is 5.26. The Bertz CT molecular complexity index is 720. The van der Waals surface area contributed by atoms with Crippen LogP contribution in [0.5, 0.6) is 0 Å². The molecule has 26 heavy (non-hydrogen) atoms. The molecule has 7 nitrogen and oxygen atoms in total. The number of quaternary nitrogens is 1. The van der Waals surface area contributed by atoms with Gasteiger partial charge in [0.25, 0.3) is 0 Å². The van der Waals surface area contributed by atoms with Gasteiger partial charge in [-0.25, -0.2) is 8.42 Å². The van der Waals surface area contributed by atoms with E-state index in [0.29, 0.717) is 17.7 Å². The molecule has 1 fully saturated rings. The molecular weight excluding hydrogens is 354 g/mol. The largest absolute Gasteiger partial charge is 0.370 e. The van der Waals surface area contributed by atoms with Gasteiger partial charge in [0.05, 0.1) is 37.7 Å². The van der Waals surface area contributed by atoms with Gasteiger partial charge in [-0.1, -0.05) is 17.7 Å². The number of hydrogen-bond acceptors (Lipinski definition) is 4. The summed E-state index contributed by atoms with van der Waals surface area (Å²) in [4.78, 5) is 13.8. The van der Waals surface area contributed by atoms with Crippen molar-refractivity contribution in [3.8, 4) is 0 Å². The highest BCUT2D eigenvalue weighted by Crippen LogP contribution is 2.24. The zero-order valence-electron chi connectivity index (χ0n) is 16.1. The molecule has 0 spiro atoms. The summed E-state index contributed by atoms with van der Waals surface area (Å²) < 4.78 is 32.2. The van der Waals surface area contributed by atoms with E-state index in [-0.39, 0.29) is 17.3 Å². The normalized spacial score (nSPS) is 16.0. The number of rotatable bonds is 7. The molecule has 0 radical (unpaired) electrons. The van der Waals surface area contributed by atoms with Crippen molar-refractivity contribution in [2.45, 2.75) is 25.7 Å². The molecule has 2 N–H and O–H groups in total. The summed E-state index contributed by atoms with van der Waals surface area (Å²) in [6.45, 7) is 10.0. The zero-order valence-corrected chi connectivity index (χ0v) is 16.9. The van der Waals surface area contributed by atoms with Gasteiger partial charge in [-0.15, -0.1) is 0 Å². The lowest BCUT2D eigenvalue weighted by Crippen LogP contribution is -3.14. The number of hydrogen-bond donors (Lipinski definition) is 2. The summed E-state index contributed by atoms with van der Waals surface area (Å²) in [5.41, 5.74) is 2.42. The van der Waals surface area contributed by atoms with Crippen LogP contribution in [0.4, 0.5) is 0 Å². The molecule has 1 aromatic rings. The number of likely N-dealkylation sites (N-methyl/N-ethyl adjacent to an activating group) is 1. The van der Waals surface area contributed by atoms with Gasteiger partial charge in [0.1, 0.15) is 13.1 Å². The molecule has 0 saturated carbocycles. The van der Waals surface area contributed by atoms with Crippen LogP contribution in [0.2, 0.25) is 0 Å². The predicted octanol–water partition coefficient (Wildman–Crippen LogP) is -0.736. The smallest absolute Gasteiger partial charge is 0.243 e. The third-order valence-electron chi connectivity index (χ3n) is 4.64. The highest BCUT2D eigenvalue weighted by molar-refractivity contribution is 7.89. The molecule has 1 aliphatic heterocycles. The average Bonchev–Trinajstić information content (AvgIpc) is 2.54. The Labute approximate surface area is 156 Å². The summed E-state index contributed by atoms with van der Waals surface area (Å²) in [5.74, 6) is -0.286. The fourth-order valence-electron chi connectivity index (χ4n) is 3.36. The van der Waals surface area contributed by atoms with E-state index in [4.69, 9.17) is 4.74 Å². The van der Waals surface area contributed by atoms with Crippen LogP contribution in [0.25, 0.3) is 0 Å². The van der Waals surface area contributed by atoms with Crippen LogP contribution in [-0.4, -0.2) is 71.6 Å². The number of morpholine rings is 1. The van der Waals surface area contributed by atoms with Gasteiger partial charge >= 0.3 is 0 Å². The Balaban J connectivity index is 1.93. The first-order chi connectivity index (χ1) is 12.2. The highest BCUT2D eigenvalue weighted by atomic mass is 32.2. The van der Waals surface area contributed by atoms with E-state index in [1.165, 1.54) is 11.9 Å². The number of nitrogens with zero attached hydrogens (tertiary/aromatic N) is 1. The van der Waals surface area contributed by atoms with E-state index < -0.39 is 10.0 Å². The summed E-state index contributed by atoms with van der Waals surface area (Å²) in [5, 5.41) is 2.82. The average molecular weight is 385 g/mol. The van der Waals surface area contributed by atoms with Gasteiger partial charge < -0.3 is 15.0 Å². The molecular formula is C18H30N3O4S+. The van der Waals surface area contributed by atoms with E-state index in [0.717, 1.165) is 42.7 Å². The van der Waals surface area contributed by atoms with Crippen LogP contribution in [-0.2, 0) is 19.6 Å². The molecule has 0 aromatic heterocycles. The molecule has 8 heteroatoms. The monoisotopic (exact) mass is 384 g/mol. The van der Waals surface area contributed by atoms with E-state index >= 15 is 0 Å². The maximum atomic E-state index is 12.9. The van der Waals surface area contributed by atoms with Crippen molar-refractivity contribution in [2.24, 2.45) is 0 Å². The number of nitrogens with one attached hydrogen (secondary N) is 2. The lowest BCUT2D eigenvalue weighted by molar-refractivity contribution is -0.906. The van der Waals surface area contributed by atoms with E-state index in [2.05, 4.69) is 5.32 Å². The van der Waals surface area contributed by atoms with E-state index in [1.54, 1.807) is 13.8 Å². The van der Waals surface area contributed by atoms with Crippen LogP contribution in [0.15, 0.2) is 17.0 Å². The second-order valence-electron chi connectivity index (χ2n) is 6.95. The quantitative estimate of drug-likeness (QED) is 0.649. The number of carbonyl (C=O) groups is 1. The fourth-order valence-corrected chi connectivity index (χ4v) is 4.89. The minimum Gasteiger partial charge on any atom is -0.370 e. The maximum absolute atomic E-state index is 12.9. The van der Waals surface area contributed by atoms with Crippen molar-refractivity contribution in [2.75, 3.05) is 53.0 Å². The van der Waals surface area contributed by atoms with Crippen molar-refractivity contribution in [3.63, 3.8) is 0 Å². The van der Waals surface area contributed by atoms with E-state index in [1.807, 2.05) is 19.1 Å². The Morgan fingerprint density at radius 3 is 2.35 bits per heavy atom. The molecule has 1 saturated heterocycles. The number of benzene rings is 1. The number of amides is 1. The Kier molecular flexibility index (Phi) is 7.16. The Hall–Kier alpha value is -1.48. The summed E-state index contributed by atoms with van der Waals surface area (Å²) in [6.07, 6.45) is 0. The predicted molar refractivity (Wildman–Crippen MR) is 99.9 cm³/mol. The molecule has 0 atom stereocenters. The van der Waals surface area contributed by atoms with Crippen molar-refractivity contribution >= 4 is 15.9 Å². The number of carbonyl (C=O) groups excluding carboxylic acids is 1. The molecule has 0 aliphatic carbocycles. The molecule has 1 amide bonds. The van der Waals surface area contributed by atoms with Crippen LogP contribution < -0.4 is 10.2 Å². The molecule has 0 unspecified atom stereocenters. The molecule has 146 valence electrons. The lowest BCUT2D eigenvalue weighted by atomic mass is 10.1. The van der Waals surface area contributed by atoms with Gasteiger partial charge in [0.15, 0.2) is 0 Å². The van der Waals surface area contributed by atoms with Gasteiger partial charge in [-0.05, 0) is 31.9 Å². The second-order valence-corrected chi connectivity index (χ2v) is 8.93. The van der Waals surface area contributed by atoms with Crippen molar-refractivity contribution in [3.05, 3.63) is 28.8 Å². The molecule has 0 bridgehead atoms. The highest BCUT2D eigenvalue weighted by Gasteiger charge is 2.26. The van der Waals surface area contributed by atoms with Crippen LogP contribution >= 0.6 is 0 Å². The first-order valence-electron chi connectivity index (χ1n) is 8.94. The van der Waals surface area contributed by atoms with Crippen LogP contribution in [0.3, 0.4) is 0 Å². The second kappa shape index (κ2) is 8.94. The van der Waals surface area contributed by atoms with E-state index in [9.17, 15) is 13.2 Å². The number of ether oxygens (including phenoxy) is 1. The molecule has 1 aliphatic rings. The van der Waals surface area contributed by atoms with Gasteiger partial charge in [0, 0.05) is 7.05 Å². The lowest BCUT2D eigenvalue weighted by Gasteiger charge is -2.24. The Morgan fingerprint density at radius 1 is 1.19 bits per heavy atom. The first kappa shape index (κ1) is 20.8. The zero-order chi connectivity index (χ0) is 19.3. The van der Waals surface area contributed by atoms with Gasteiger partial charge in [0.2, 0.25) is 15.9 Å². The minimum atomic E-state index is -3.71. The molecule has 1 aromatic carbocycles. The number of sulfonamides is 1. The molecule has 1 heterocycles. The summed E-state index contributed by atoms with van der Waals surface area (Å²) >= 11 is 0. The third-order valence-corrected chi connectivity index (χ3v) is 6.75. The van der Waals surface area contributed by atoms with Gasteiger partial charge in [-0.2, -0.15) is 4.31 Å². The summed E-state index contributed by atoms with van der Waals surface area (Å²) in [7, 11) is -2.26. The summed E-state index contributed by atoms with van der Waals surface area (Å²) in [6, 6.07) is 3.69. The van der Waals surface area contributed by atoms with Crippen molar-refractivity contribution < 1.29 is 22.8 Å². The Morgan fingerprint density at radius 2 is 1.77 bits per heavy atom. The molecule has 2 rings (SSSR count). The fraction of sp³-hybridized carbons (Fsp3) is 0.611. The standard InChI is InChI=1S/C18H29N3O4S/c1-14-11-15(2)18(16(3)12-14)26(23,24)20(4)13-17(22)19-5-6-21-7-9-25-10-8-21/h11-12H,5-10,13H2,1-4H3,(H,19,22)/p+1. The maximum Gasteiger partial charge on any atom is 0.243 e. The topological polar surface area (TPSA) is 80.2 Å². The van der Waals surface area contributed by atoms with Crippen molar-refractivity contribution in [1.82, 2.24) is 9.62 Å². The van der Waals surface area contributed by atoms with Crippen LogP contribution in [0.1, 0.15) is 16.7 Å². The minimum absolute atomic E-state index is 0.187. The SMILES string of the molecule is Cc1cc(C)c(S(=O)(=O)N(C)CC(=O)NCC[NH+]2CCOCC2)c(C)c1. The van der Waals surface area contributed by atoms with Crippen LogP contribution in [0, 0.1) is 20.8 Å². The number of aryl methyl sites for hydroxylation is 3. The van der Waals surface area contributed by atoms with Gasteiger partial charge in [-0.3, -0.25) is 4.79 Å². The van der Waals surface area contributed by atoms with Crippen molar-refractivity contribution in [1.29, 1.82) is 0 Å². The first-order valence-corrected chi connectivity index (χ1v) is 10.4.